The third kappa shape index (κ3) is 2.56. The summed E-state index contributed by atoms with van der Waals surface area (Å²) in [4.78, 5) is 0. The summed E-state index contributed by atoms with van der Waals surface area (Å²) in [6, 6.07) is 5.08. The minimum absolute atomic E-state index is 0.273. The Labute approximate surface area is 70.7 Å². The number of hydrogen-bond donors (Lipinski definition) is 1. The van der Waals surface area contributed by atoms with Gasteiger partial charge in [0.05, 0.1) is 0 Å². The highest BCUT2D eigenvalue weighted by Gasteiger charge is 2.13. The van der Waals surface area contributed by atoms with E-state index in [1.807, 2.05) is 0 Å². The van der Waals surface area contributed by atoms with Crippen LogP contribution in [-0.4, -0.2) is 20.4 Å². The maximum absolute atomic E-state index is 12.3. The molecule has 12 heavy (non-hydrogen) atoms. The van der Waals surface area contributed by atoms with E-state index < -0.39 is 7.32 Å². The lowest BCUT2D eigenvalue weighted by Gasteiger charge is -2.06. The van der Waals surface area contributed by atoms with Crippen molar-refractivity contribution in [3.05, 3.63) is 30.1 Å². The Morgan fingerprint density at radius 3 is 2.42 bits per heavy atom. The van der Waals surface area contributed by atoms with Crippen LogP contribution < -0.4 is 4.65 Å². The third-order valence-electron chi connectivity index (χ3n) is 1.17. The van der Waals surface area contributed by atoms with E-state index in [1.165, 1.54) is 24.3 Å². The van der Waals surface area contributed by atoms with Crippen LogP contribution in [0.5, 0.6) is 5.75 Å². The molecule has 6 heteroatoms. The van der Waals surface area contributed by atoms with Crippen LogP contribution in [0.25, 0.3) is 0 Å². The zero-order valence-corrected chi connectivity index (χ0v) is 6.11. The van der Waals surface area contributed by atoms with Crippen LogP contribution in [0, 0.1) is 5.82 Å². The lowest BCUT2D eigenvalue weighted by atomic mass is 10.2. The van der Waals surface area contributed by atoms with Gasteiger partial charge in [0.1, 0.15) is 11.6 Å². The lowest BCUT2D eigenvalue weighted by Crippen LogP contribution is -2.24. The second kappa shape index (κ2) is 4.13. The quantitative estimate of drug-likeness (QED) is 0.655. The van der Waals surface area contributed by atoms with Gasteiger partial charge in [-0.3, -0.25) is 0 Å². The topological polar surface area (TPSA) is 38.7 Å². The zero-order valence-electron chi connectivity index (χ0n) is 6.11. The van der Waals surface area contributed by atoms with E-state index in [0.717, 1.165) is 0 Å². The summed E-state index contributed by atoms with van der Waals surface area (Å²) in [7, 11) is 3.07. The summed E-state index contributed by atoms with van der Waals surface area (Å²) in [6.45, 7) is 0. The van der Waals surface area contributed by atoms with Crippen molar-refractivity contribution in [3.8, 4) is 5.75 Å². The average molecular weight is 166 g/mol. The summed E-state index contributed by atoms with van der Waals surface area (Å²) in [5.74, 6) is -0.111. The molecule has 1 rings (SSSR count). The zero-order chi connectivity index (χ0) is 8.97. The first-order valence-electron chi connectivity index (χ1n) is 3.18. The average Bonchev–Trinajstić information content (AvgIpc) is 2.09. The van der Waals surface area contributed by atoms with Gasteiger partial charge in [0, 0.05) is 0 Å². The Kier molecular flexibility index (Phi) is 3.13. The normalized spacial score (nSPS) is 9.50. The van der Waals surface area contributed by atoms with Crippen molar-refractivity contribution in [1.29, 1.82) is 0 Å². The highest BCUT2D eigenvalue weighted by atomic mass is 19.1. The highest BCUT2D eigenvalue weighted by Crippen LogP contribution is 2.11. The minimum Gasteiger partial charge on any atom is -0.513 e. The smallest absolute Gasteiger partial charge is 0.513 e. The summed E-state index contributed by atoms with van der Waals surface area (Å²) in [6.07, 6.45) is 0. The molecule has 0 bridgehead atoms. The van der Waals surface area contributed by atoms with E-state index in [9.17, 15) is 4.39 Å². The van der Waals surface area contributed by atoms with Gasteiger partial charge in [-0.25, -0.2) is 4.39 Å². The molecule has 1 aromatic carbocycles. The second-order valence-electron chi connectivity index (χ2n) is 2.01. The Morgan fingerprint density at radius 2 is 1.92 bits per heavy atom. The van der Waals surface area contributed by atoms with Crippen molar-refractivity contribution >= 4 is 15.4 Å². The molecule has 0 aromatic heterocycles. The van der Waals surface area contributed by atoms with Gasteiger partial charge in [-0.2, -0.15) is 0 Å². The molecule has 0 saturated heterocycles. The molecule has 0 heterocycles. The van der Waals surface area contributed by atoms with Crippen LogP contribution in [0.2, 0.25) is 0 Å². The van der Waals surface area contributed by atoms with Gasteiger partial charge in [0.25, 0.3) is 8.05 Å². The van der Waals surface area contributed by atoms with E-state index in [2.05, 4.69) is 17.3 Å². The predicted molar refractivity (Wildman–Crippen MR) is 41.8 cm³/mol. The molecule has 0 spiro atoms. The van der Waals surface area contributed by atoms with Crippen LogP contribution in [0.15, 0.2) is 24.3 Å². The van der Waals surface area contributed by atoms with Gasteiger partial charge < -0.3 is 14.3 Å². The van der Waals surface area contributed by atoms with Crippen LogP contribution >= 0.6 is 0 Å². The molecular weight excluding hydrogens is 161 g/mol. The fourth-order valence-electron chi connectivity index (χ4n) is 0.657. The van der Waals surface area contributed by atoms with Crippen LogP contribution in [0.3, 0.4) is 0 Å². The van der Waals surface area contributed by atoms with E-state index >= 15 is 0 Å². The Bertz CT molecular complexity index is 241. The van der Waals surface area contributed by atoms with Crippen molar-refractivity contribution in [2.75, 3.05) is 0 Å². The fourth-order valence-corrected chi connectivity index (χ4v) is 0.657. The predicted octanol–water partition coefficient (Wildman–Crippen LogP) is 0.282. The van der Waals surface area contributed by atoms with Crippen LogP contribution in [0.1, 0.15) is 0 Å². The van der Waals surface area contributed by atoms with Gasteiger partial charge in [-0.1, -0.05) is 0 Å². The standard InChI is InChI=1S/C6H5B2FO3/c7-12-8(10)11-6-3-1-5(9)2-4-6/h1-4,10H. The lowest BCUT2D eigenvalue weighted by molar-refractivity contribution is 0.309. The van der Waals surface area contributed by atoms with Crippen LogP contribution in [-0.2, 0) is 4.57 Å². The van der Waals surface area contributed by atoms with E-state index in [4.69, 9.17) is 5.02 Å². The molecule has 3 nitrogen and oxygen atoms in total. The minimum atomic E-state index is -1.53. The second-order valence-corrected chi connectivity index (χ2v) is 2.01. The van der Waals surface area contributed by atoms with Crippen LogP contribution in [0.4, 0.5) is 4.39 Å². The molecule has 2 radical (unpaired) electrons. The van der Waals surface area contributed by atoms with E-state index in [0.29, 0.717) is 0 Å². The Morgan fingerprint density at radius 1 is 1.33 bits per heavy atom. The summed E-state index contributed by atoms with van der Waals surface area (Å²) in [5, 5.41) is 8.72. The largest absolute Gasteiger partial charge is 0.693 e. The SMILES string of the molecule is [B]OB(O)Oc1ccc(F)cc1. The number of hydrogen-bond acceptors (Lipinski definition) is 3. The molecule has 0 amide bonds. The molecule has 1 aromatic rings. The van der Waals surface area contributed by atoms with Gasteiger partial charge in [0.2, 0.25) is 0 Å². The first kappa shape index (κ1) is 9.09. The van der Waals surface area contributed by atoms with Gasteiger partial charge in [0.15, 0.2) is 0 Å². The Hall–Kier alpha value is -1.00. The molecule has 0 aliphatic rings. The molecule has 60 valence electrons. The molecule has 0 saturated carbocycles. The molecule has 0 atom stereocenters. The van der Waals surface area contributed by atoms with Crippen molar-refractivity contribution in [3.63, 3.8) is 0 Å². The number of benzene rings is 1. The van der Waals surface area contributed by atoms with E-state index in [1.54, 1.807) is 0 Å². The number of rotatable bonds is 3. The van der Waals surface area contributed by atoms with Crippen molar-refractivity contribution in [1.82, 2.24) is 0 Å². The molecule has 0 unspecified atom stereocenters. The first-order chi connectivity index (χ1) is 5.72. The molecular formula is C6H5B2FO3. The first-order valence-corrected chi connectivity index (χ1v) is 3.18. The molecule has 0 aliphatic heterocycles. The van der Waals surface area contributed by atoms with Crippen molar-refractivity contribution in [2.45, 2.75) is 0 Å². The van der Waals surface area contributed by atoms with Crippen molar-refractivity contribution < 1.29 is 18.6 Å². The fraction of sp³-hybridized carbons (Fsp3) is 0. The summed E-state index contributed by atoms with van der Waals surface area (Å²) >= 11 is 0. The van der Waals surface area contributed by atoms with Crippen molar-refractivity contribution in [2.24, 2.45) is 0 Å². The molecule has 0 fully saturated rings. The number of halogens is 1. The van der Waals surface area contributed by atoms with Gasteiger partial charge in [-0.15, -0.1) is 0 Å². The Balaban J connectivity index is 2.58. The third-order valence-corrected chi connectivity index (χ3v) is 1.17. The highest BCUT2D eigenvalue weighted by molar-refractivity contribution is 6.41. The van der Waals surface area contributed by atoms with Gasteiger partial charge in [-0.05, 0) is 24.3 Å². The summed E-state index contributed by atoms with van der Waals surface area (Å²) < 4.78 is 20.9. The van der Waals surface area contributed by atoms with Gasteiger partial charge >= 0.3 is 7.32 Å². The molecule has 1 N–H and O–H groups in total. The maximum atomic E-state index is 12.3. The monoisotopic (exact) mass is 166 g/mol. The maximum Gasteiger partial charge on any atom is 0.693 e. The summed E-state index contributed by atoms with van der Waals surface area (Å²) in [5.41, 5.74) is 0. The molecule has 0 aliphatic carbocycles. The van der Waals surface area contributed by atoms with E-state index in [-0.39, 0.29) is 11.6 Å².